The van der Waals surface area contributed by atoms with E-state index in [1.807, 2.05) is 0 Å². The number of aromatic amines is 1. The zero-order chi connectivity index (χ0) is 16.7. The quantitative estimate of drug-likeness (QED) is 0.675. The largest absolute Gasteiger partial charge is 0.272 e. The summed E-state index contributed by atoms with van der Waals surface area (Å²) in [7, 11) is 0. The van der Waals surface area contributed by atoms with Crippen LogP contribution in [0.25, 0.3) is 5.69 Å². The molecule has 0 radical (unpaired) electrons. The van der Waals surface area contributed by atoms with Crippen LogP contribution in [0.5, 0.6) is 0 Å². The Hall–Kier alpha value is -2.20. The number of nitrogens with one attached hydrogen (secondary N) is 1. The Labute approximate surface area is 147 Å². The van der Waals surface area contributed by atoms with Crippen molar-refractivity contribution in [2.75, 3.05) is 0 Å². The second-order valence-electron chi connectivity index (χ2n) is 6.56. The molecule has 0 bridgehead atoms. The predicted molar refractivity (Wildman–Crippen MR) is 99.4 cm³/mol. The smallest absolute Gasteiger partial charge is 0.199 e. The molecule has 2 atom stereocenters. The van der Waals surface area contributed by atoms with Gasteiger partial charge in [-0.1, -0.05) is 55.0 Å². The third kappa shape index (κ3) is 2.61. The number of aryl methyl sites for hydroxylation is 2. The molecular weight excluding hydrogens is 314 g/mol. The SMILES string of the molecule is CCc1ccccc1-n1c([C@@H]2C[C@@H]2c2ccc(C)cc2)n[nH]c1=S. The third-order valence-electron chi connectivity index (χ3n) is 4.94. The lowest BCUT2D eigenvalue weighted by Crippen LogP contribution is -2.04. The van der Waals surface area contributed by atoms with E-state index in [2.05, 4.69) is 77.1 Å². The van der Waals surface area contributed by atoms with Crippen LogP contribution in [0, 0.1) is 11.7 Å². The number of hydrogen-bond donors (Lipinski definition) is 1. The van der Waals surface area contributed by atoms with Crippen LogP contribution in [0.3, 0.4) is 0 Å². The Bertz CT molecular complexity index is 921. The van der Waals surface area contributed by atoms with E-state index >= 15 is 0 Å². The highest BCUT2D eigenvalue weighted by atomic mass is 32.1. The lowest BCUT2D eigenvalue weighted by Gasteiger charge is -2.11. The first kappa shape index (κ1) is 15.3. The summed E-state index contributed by atoms with van der Waals surface area (Å²) in [5.74, 6) is 2.04. The Morgan fingerprint density at radius 1 is 1.12 bits per heavy atom. The van der Waals surface area contributed by atoms with Crippen LogP contribution >= 0.6 is 12.2 Å². The molecule has 1 aromatic heterocycles. The molecule has 122 valence electrons. The van der Waals surface area contributed by atoms with Gasteiger partial charge in [-0.3, -0.25) is 9.67 Å². The van der Waals surface area contributed by atoms with Crippen molar-refractivity contribution in [2.45, 2.75) is 38.5 Å². The van der Waals surface area contributed by atoms with Gasteiger partial charge in [0.2, 0.25) is 0 Å². The first-order chi connectivity index (χ1) is 11.7. The average molecular weight is 335 g/mol. The van der Waals surface area contributed by atoms with Crippen molar-refractivity contribution in [2.24, 2.45) is 0 Å². The van der Waals surface area contributed by atoms with Gasteiger partial charge in [0.15, 0.2) is 4.77 Å². The van der Waals surface area contributed by atoms with Crippen molar-refractivity contribution in [3.05, 3.63) is 75.8 Å². The highest BCUT2D eigenvalue weighted by Gasteiger charge is 2.43. The summed E-state index contributed by atoms with van der Waals surface area (Å²) in [5.41, 5.74) is 5.15. The lowest BCUT2D eigenvalue weighted by molar-refractivity contribution is 0.838. The highest BCUT2D eigenvalue weighted by molar-refractivity contribution is 7.71. The van der Waals surface area contributed by atoms with Crippen molar-refractivity contribution < 1.29 is 0 Å². The summed E-state index contributed by atoms with van der Waals surface area (Å²) in [4.78, 5) is 0. The van der Waals surface area contributed by atoms with Crippen LogP contribution in [-0.2, 0) is 6.42 Å². The predicted octanol–water partition coefficient (Wildman–Crippen LogP) is 5.07. The zero-order valence-electron chi connectivity index (χ0n) is 14.0. The molecule has 1 aliphatic carbocycles. The van der Waals surface area contributed by atoms with Gasteiger partial charge in [-0.15, -0.1) is 0 Å². The van der Waals surface area contributed by atoms with Gasteiger partial charge in [-0.05, 0) is 55.1 Å². The average Bonchev–Trinajstić information content (AvgIpc) is 3.31. The summed E-state index contributed by atoms with van der Waals surface area (Å²) < 4.78 is 2.81. The molecule has 0 unspecified atom stereocenters. The summed E-state index contributed by atoms with van der Waals surface area (Å²) in [6.45, 7) is 4.30. The van der Waals surface area contributed by atoms with E-state index in [1.54, 1.807) is 0 Å². The second kappa shape index (κ2) is 6.02. The highest BCUT2D eigenvalue weighted by Crippen LogP contribution is 2.54. The fourth-order valence-corrected chi connectivity index (χ4v) is 3.72. The van der Waals surface area contributed by atoms with Gasteiger partial charge in [0.1, 0.15) is 5.82 Å². The van der Waals surface area contributed by atoms with Gasteiger partial charge in [-0.25, -0.2) is 0 Å². The number of benzene rings is 2. The summed E-state index contributed by atoms with van der Waals surface area (Å²) in [6, 6.07) is 17.3. The number of H-pyrrole nitrogens is 1. The topological polar surface area (TPSA) is 33.6 Å². The Balaban J connectivity index is 1.72. The molecule has 24 heavy (non-hydrogen) atoms. The molecule has 0 spiro atoms. The first-order valence-electron chi connectivity index (χ1n) is 8.51. The van der Waals surface area contributed by atoms with Crippen LogP contribution < -0.4 is 0 Å². The molecule has 4 heteroatoms. The van der Waals surface area contributed by atoms with Gasteiger partial charge >= 0.3 is 0 Å². The van der Waals surface area contributed by atoms with E-state index in [-0.39, 0.29) is 0 Å². The van der Waals surface area contributed by atoms with E-state index in [0.717, 1.165) is 24.4 Å². The minimum atomic E-state index is 0.436. The molecule has 1 saturated carbocycles. The molecule has 2 aromatic carbocycles. The first-order valence-corrected chi connectivity index (χ1v) is 8.92. The summed E-state index contributed by atoms with van der Waals surface area (Å²) in [6.07, 6.45) is 2.12. The minimum Gasteiger partial charge on any atom is -0.272 e. The summed E-state index contributed by atoms with van der Waals surface area (Å²) >= 11 is 5.53. The van der Waals surface area contributed by atoms with Crippen molar-refractivity contribution in [1.29, 1.82) is 0 Å². The monoisotopic (exact) mass is 335 g/mol. The molecule has 1 fully saturated rings. The van der Waals surface area contributed by atoms with Crippen LogP contribution in [0.2, 0.25) is 0 Å². The maximum atomic E-state index is 5.53. The van der Waals surface area contributed by atoms with Crippen LogP contribution in [0.1, 0.15) is 47.7 Å². The second-order valence-corrected chi connectivity index (χ2v) is 6.95. The Morgan fingerprint density at radius 3 is 2.62 bits per heavy atom. The molecule has 0 amide bonds. The number of para-hydroxylation sites is 1. The van der Waals surface area contributed by atoms with Crippen molar-refractivity contribution in [1.82, 2.24) is 14.8 Å². The van der Waals surface area contributed by atoms with Gasteiger partial charge < -0.3 is 0 Å². The minimum absolute atomic E-state index is 0.436. The molecular formula is C20H21N3S. The number of rotatable bonds is 4. The van der Waals surface area contributed by atoms with E-state index in [1.165, 1.54) is 16.7 Å². The lowest BCUT2D eigenvalue weighted by atomic mass is 10.1. The normalized spacial score (nSPS) is 19.4. The third-order valence-corrected chi connectivity index (χ3v) is 5.21. The number of nitrogens with zero attached hydrogens (tertiary/aromatic N) is 2. The molecule has 1 N–H and O–H groups in total. The number of hydrogen-bond acceptors (Lipinski definition) is 2. The molecule has 4 rings (SSSR count). The molecule has 1 heterocycles. The molecule has 3 aromatic rings. The van der Waals surface area contributed by atoms with Crippen LogP contribution in [0.15, 0.2) is 48.5 Å². The van der Waals surface area contributed by atoms with E-state index in [0.29, 0.717) is 16.6 Å². The van der Waals surface area contributed by atoms with Crippen molar-refractivity contribution in [3.63, 3.8) is 0 Å². The van der Waals surface area contributed by atoms with Gasteiger partial charge in [0.05, 0.1) is 5.69 Å². The van der Waals surface area contributed by atoms with E-state index in [9.17, 15) is 0 Å². The maximum absolute atomic E-state index is 5.53. The molecule has 3 nitrogen and oxygen atoms in total. The number of aromatic nitrogens is 3. The van der Waals surface area contributed by atoms with E-state index in [4.69, 9.17) is 12.2 Å². The van der Waals surface area contributed by atoms with E-state index < -0.39 is 0 Å². The van der Waals surface area contributed by atoms with Crippen molar-refractivity contribution in [3.8, 4) is 5.69 Å². The fourth-order valence-electron chi connectivity index (χ4n) is 3.48. The molecule has 0 saturated heterocycles. The zero-order valence-corrected chi connectivity index (χ0v) is 14.8. The fraction of sp³-hybridized carbons (Fsp3) is 0.300. The van der Waals surface area contributed by atoms with Crippen LogP contribution in [-0.4, -0.2) is 14.8 Å². The Morgan fingerprint density at radius 2 is 1.88 bits per heavy atom. The summed E-state index contributed by atoms with van der Waals surface area (Å²) in [5, 5.41) is 7.57. The Kier molecular flexibility index (Phi) is 3.85. The van der Waals surface area contributed by atoms with Crippen molar-refractivity contribution >= 4 is 12.2 Å². The maximum Gasteiger partial charge on any atom is 0.199 e. The van der Waals surface area contributed by atoms with Gasteiger partial charge in [0, 0.05) is 5.92 Å². The van der Waals surface area contributed by atoms with Gasteiger partial charge in [0.25, 0.3) is 0 Å². The molecule has 1 aliphatic rings. The van der Waals surface area contributed by atoms with Gasteiger partial charge in [-0.2, -0.15) is 5.10 Å². The molecule has 0 aliphatic heterocycles. The van der Waals surface area contributed by atoms with Crippen LogP contribution in [0.4, 0.5) is 0 Å². The standard InChI is InChI=1S/C20H21N3S/c1-3-14-6-4-5-7-18(14)23-19(21-22-20(23)24)17-12-16(17)15-10-8-13(2)9-11-15/h4-11,16-17H,3,12H2,1-2H3,(H,22,24)/t16-,17-/m1/s1.